The number of ether oxygens (including phenoxy) is 1. The first-order valence-corrected chi connectivity index (χ1v) is 12.0. The third kappa shape index (κ3) is 5.19. The summed E-state index contributed by atoms with van der Waals surface area (Å²) in [5.74, 6) is -0.0313. The number of morpholine rings is 1. The average molecular weight is 529 g/mol. The lowest BCUT2D eigenvalue weighted by Gasteiger charge is -2.35. The van der Waals surface area contributed by atoms with Crippen LogP contribution in [0.4, 0.5) is 18.9 Å². The Morgan fingerprint density at radius 2 is 1.87 bits per heavy atom. The average Bonchev–Trinajstić information content (AvgIpc) is 2.85. The summed E-state index contributed by atoms with van der Waals surface area (Å²) < 4.78 is 48.8. The maximum absolute atomic E-state index is 14.0. The van der Waals surface area contributed by atoms with Gasteiger partial charge in [-0.1, -0.05) is 0 Å². The first-order chi connectivity index (χ1) is 17.8. The van der Waals surface area contributed by atoms with Crippen LogP contribution in [0.2, 0.25) is 0 Å². The number of nitriles is 1. The molecule has 1 aliphatic rings. The van der Waals surface area contributed by atoms with Crippen LogP contribution < -0.4 is 10.9 Å². The van der Waals surface area contributed by atoms with E-state index in [4.69, 9.17) is 4.74 Å². The molecule has 9 nitrogen and oxygen atoms in total. The fraction of sp³-hybridized carbons (Fsp3) is 0.423. The number of amides is 1. The molecule has 4 rings (SSSR count). The van der Waals surface area contributed by atoms with Crippen molar-refractivity contribution in [3.63, 3.8) is 0 Å². The molecule has 3 aromatic rings. The van der Waals surface area contributed by atoms with Gasteiger partial charge in [-0.3, -0.25) is 14.2 Å². The summed E-state index contributed by atoms with van der Waals surface area (Å²) in [5.41, 5.74) is -1.64. The monoisotopic (exact) mass is 528 g/mol. The molecule has 1 saturated heterocycles. The summed E-state index contributed by atoms with van der Waals surface area (Å²) in [5, 5.41) is 12.6. The zero-order chi connectivity index (χ0) is 27.9. The summed E-state index contributed by atoms with van der Waals surface area (Å²) in [4.78, 5) is 35.1. The molecule has 3 atom stereocenters. The number of alkyl halides is 3. The molecule has 200 valence electrons. The summed E-state index contributed by atoms with van der Waals surface area (Å²) in [6, 6.07) is 6.57. The minimum absolute atomic E-state index is 0.0508. The standard InChI is InChI=1S/C26H27F3N6O3/c1-13-11-35(12-14(2)38-13)24(36)17-6-7-21(18(8-17)10-30)31-15(3)19-9-20-23(33-22(19)26(27,28)29)32-16(4)34(5)25(20)37/h6-9,13-15,31H,11-12H2,1-5H3. The fourth-order valence-electron chi connectivity index (χ4n) is 4.61. The minimum Gasteiger partial charge on any atom is -0.377 e. The Kier molecular flexibility index (Phi) is 7.16. The molecule has 0 bridgehead atoms. The highest BCUT2D eigenvalue weighted by atomic mass is 19.4. The van der Waals surface area contributed by atoms with Gasteiger partial charge in [-0.15, -0.1) is 0 Å². The Morgan fingerprint density at radius 1 is 1.21 bits per heavy atom. The Hall–Kier alpha value is -3.98. The highest BCUT2D eigenvalue weighted by molar-refractivity contribution is 5.95. The Bertz CT molecular complexity index is 1500. The Labute approximate surface area is 216 Å². The largest absolute Gasteiger partial charge is 0.433 e. The number of aromatic nitrogens is 3. The van der Waals surface area contributed by atoms with Gasteiger partial charge < -0.3 is 15.0 Å². The van der Waals surface area contributed by atoms with Crippen molar-refractivity contribution in [1.82, 2.24) is 19.4 Å². The Morgan fingerprint density at radius 3 is 2.47 bits per heavy atom. The number of carbonyl (C=O) groups is 1. The summed E-state index contributed by atoms with van der Waals surface area (Å²) in [6.45, 7) is 7.53. The van der Waals surface area contributed by atoms with Crippen LogP contribution in [0.25, 0.3) is 11.0 Å². The first kappa shape index (κ1) is 27.1. The maximum atomic E-state index is 14.0. The van der Waals surface area contributed by atoms with Crippen LogP contribution >= 0.6 is 0 Å². The number of fused-ring (bicyclic) bond motifs is 1. The molecule has 3 unspecified atom stereocenters. The van der Waals surface area contributed by atoms with Crippen LogP contribution in [0.3, 0.4) is 0 Å². The van der Waals surface area contributed by atoms with Gasteiger partial charge in [-0.2, -0.15) is 18.4 Å². The van der Waals surface area contributed by atoms with E-state index < -0.39 is 23.5 Å². The third-order valence-corrected chi connectivity index (χ3v) is 6.52. The third-order valence-electron chi connectivity index (χ3n) is 6.52. The van der Waals surface area contributed by atoms with Crippen LogP contribution in [-0.2, 0) is 18.0 Å². The molecule has 0 spiro atoms. The minimum atomic E-state index is -4.81. The molecule has 12 heteroatoms. The van der Waals surface area contributed by atoms with Crippen molar-refractivity contribution in [1.29, 1.82) is 5.26 Å². The smallest absolute Gasteiger partial charge is 0.377 e. The van der Waals surface area contributed by atoms with Crippen LogP contribution in [0.5, 0.6) is 0 Å². The summed E-state index contributed by atoms with van der Waals surface area (Å²) in [6.07, 6.45) is -5.07. The van der Waals surface area contributed by atoms with Crippen molar-refractivity contribution in [3.8, 4) is 6.07 Å². The van der Waals surface area contributed by atoms with Gasteiger partial charge in [0.05, 0.1) is 34.9 Å². The van der Waals surface area contributed by atoms with Crippen molar-refractivity contribution in [2.75, 3.05) is 18.4 Å². The second-order valence-electron chi connectivity index (χ2n) is 9.52. The van der Waals surface area contributed by atoms with E-state index >= 15 is 0 Å². The van der Waals surface area contributed by atoms with E-state index in [9.17, 15) is 28.0 Å². The number of anilines is 1. The number of carbonyl (C=O) groups excluding carboxylic acids is 1. The molecule has 1 fully saturated rings. The molecule has 1 amide bonds. The van der Waals surface area contributed by atoms with Gasteiger partial charge in [0.1, 0.15) is 11.9 Å². The van der Waals surface area contributed by atoms with E-state index in [2.05, 4.69) is 15.3 Å². The van der Waals surface area contributed by atoms with Crippen LogP contribution in [0.1, 0.15) is 59.8 Å². The van der Waals surface area contributed by atoms with Crippen molar-refractivity contribution < 1.29 is 22.7 Å². The number of aryl methyl sites for hydroxylation is 1. The van der Waals surface area contributed by atoms with Crippen molar-refractivity contribution in [2.24, 2.45) is 7.05 Å². The fourth-order valence-corrected chi connectivity index (χ4v) is 4.61. The SMILES string of the molecule is Cc1nc2nc(C(F)(F)F)c(C(C)Nc3ccc(C(=O)N4CC(C)OC(C)C4)cc3C#N)cc2c(=O)n1C. The van der Waals surface area contributed by atoms with Crippen LogP contribution in [-0.4, -0.2) is 50.6 Å². The highest BCUT2D eigenvalue weighted by Crippen LogP contribution is 2.36. The number of nitrogens with zero attached hydrogens (tertiary/aromatic N) is 5. The molecule has 3 heterocycles. The molecular formula is C26H27F3N6O3. The molecule has 38 heavy (non-hydrogen) atoms. The molecule has 0 aliphatic carbocycles. The number of nitrogens with one attached hydrogen (secondary N) is 1. The number of hydrogen-bond donors (Lipinski definition) is 1. The van der Waals surface area contributed by atoms with Gasteiger partial charge in [-0.25, -0.2) is 9.97 Å². The number of benzene rings is 1. The van der Waals surface area contributed by atoms with E-state index in [1.165, 1.54) is 43.7 Å². The van der Waals surface area contributed by atoms with E-state index in [0.29, 0.717) is 13.1 Å². The quantitative estimate of drug-likeness (QED) is 0.546. The number of pyridine rings is 1. The highest BCUT2D eigenvalue weighted by Gasteiger charge is 2.38. The molecule has 1 N–H and O–H groups in total. The lowest BCUT2D eigenvalue weighted by molar-refractivity contribution is -0.141. The normalized spacial score (nSPS) is 18.8. The maximum Gasteiger partial charge on any atom is 0.433 e. The zero-order valence-electron chi connectivity index (χ0n) is 21.6. The predicted octanol–water partition coefficient (Wildman–Crippen LogP) is 3.95. The topological polar surface area (TPSA) is 113 Å². The molecule has 1 aromatic carbocycles. The van der Waals surface area contributed by atoms with Gasteiger partial charge in [0, 0.05) is 31.3 Å². The summed E-state index contributed by atoms with van der Waals surface area (Å²) in [7, 11) is 1.48. The van der Waals surface area contributed by atoms with Gasteiger partial charge in [-0.05, 0) is 52.0 Å². The lowest BCUT2D eigenvalue weighted by Crippen LogP contribution is -2.48. The van der Waals surface area contributed by atoms with Gasteiger partial charge in [0.25, 0.3) is 11.5 Å². The Balaban J connectivity index is 1.69. The summed E-state index contributed by atoms with van der Waals surface area (Å²) >= 11 is 0. The van der Waals surface area contributed by atoms with E-state index in [1.807, 2.05) is 19.9 Å². The van der Waals surface area contributed by atoms with E-state index in [0.717, 1.165) is 6.07 Å². The molecule has 2 aromatic heterocycles. The predicted molar refractivity (Wildman–Crippen MR) is 134 cm³/mol. The van der Waals surface area contributed by atoms with Crippen LogP contribution in [0, 0.1) is 18.3 Å². The second kappa shape index (κ2) is 10.1. The van der Waals surface area contributed by atoms with Gasteiger partial charge >= 0.3 is 6.18 Å². The van der Waals surface area contributed by atoms with Gasteiger partial charge in [0.2, 0.25) is 0 Å². The lowest BCUT2D eigenvalue weighted by atomic mass is 10.0. The van der Waals surface area contributed by atoms with Crippen molar-refractivity contribution >= 4 is 22.6 Å². The molecule has 0 radical (unpaired) electrons. The van der Waals surface area contributed by atoms with Gasteiger partial charge in [0.15, 0.2) is 11.3 Å². The van der Waals surface area contributed by atoms with E-state index in [-0.39, 0.29) is 57.4 Å². The van der Waals surface area contributed by atoms with Crippen molar-refractivity contribution in [2.45, 2.75) is 52.1 Å². The van der Waals surface area contributed by atoms with Crippen LogP contribution in [0.15, 0.2) is 29.1 Å². The first-order valence-electron chi connectivity index (χ1n) is 12.0. The second-order valence-corrected chi connectivity index (χ2v) is 9.52. The number of hydrogen-bond acceptors (Lipinski definition) is 7. The molecule has 1 aliphatic heterocycles. The van der Waals surface area contributed by atoms with E-state index in [1.54, 1.807) is 4.90 Å². The molecular weight excluding hydrogens is 501 g/mol. The molecule has 0 saturated carbocycles. The number of rotatable bonds is 4. The number of halogens is 3. The zero-order valence-corrected chi connectivity index (χ0v) is 21.6. The van der Waals surface area contributed by atoms with Crippen molar-refractivity contribution in [3.05, 3.63) is 62.8 Å².